The Labute approximate surface area is 146 Å². The molecule has 4 aromatic rings. The van der Waals surface area contributed by atoms with Crippen LogP contribution in [0.2, 0.25) is 0 Å². The van der Waals surface area contributed by atoms with Gasteiger partial charge < -0.3 is 4.52 Å². The van der Waals surface area contributed by atoms with Gasteiger partial charge >= 0.3 is 5.76 Å². The molecule has 0 aliphatic carbocycles. The first-order valence-corrected chi connectivity index (χ1v) is 8.43. The predicted octanol–water partition coefficient (Wildman–Crippen LogP) is 2.82. The summed E-state index contributed by atoms with van der Waals surface area (Å²) in [7, 11) is 0. The summed E-state index contributed by atoms with van der Waals surface area (Å²) in [5.41, 5.74) is 0.519. The molecule has 0 spiro atoms. The van der Waals surface area contributed by atoms with E-state index in [1.807, 2.05) is 11.4 Å². The first-order chi connectivity index (χ1) is 11.7. The zero-order chi connectivity index (χ0) is 16.5. The summed E-state index contributed by atoms with van der Waals surface area (Å²) in [6, 6.07) is 7.20. The molecule has 4 heterocycles. The smallest absolute Gasteiger partial charge is 0.337 e. The largest absolute Gasteiger partial charge is 0.442 e. The molecule has 0 aliphatic rings. The van der Waals surface area contributed by atoms with Crippen LogP contribution in [0.25, 0.3) is 22.2 Å². The fourth-order valence-electron chi connectivity index (χ4n) is 2.07. The molecule has 0 saturated heterocycles. The van der Waals surface area contributed by atoms with Crippen LogP contribution < -0.4 is 5.76 Å². The summed E-state index contributed by atoms with van der Waals surface area (Å²) in [4.78, 5) is 21.2. The molecule has 0 radical (unpaired) electrons. The zero-order valence-electron chi connectivity index (χ0n) is 11.9. The maximum atomic E-state index is 11.9. The summed E-state index contributed by atoms with van der Waals surface area (Å²) in [6.45, 7) is 0.0494. The number of hydrogen-bond donors (Lipinski definition) is 0. The minimum Gasteiger partial charge on any atom is -0.337 e. The molecule has 8 nitrogen and oxygen atoms in total. The normalized spacial score (nSPS) is 11.0. The van der Waals surface area contributed by atoms with E-state index in [9.17, 15) is 4.79 Å². The van der Waals surface area contributed by atoms with Gasteiger partial charge in [-0.25, -0.2) is 9.36 Å². The second-order valence-corrected chi connectivity index (χ2v) is 6.54. The first kappa shape index (κ1) is 15.0. The quantitative estimate of drug-likeness (QED) is 0.514. The van der Waals surface area contributed by atoms with E-state index >= 15 is 0 Å². The summed E-state index contributed by atoms with van der Waals surface area (Å²) in [5, 5.41) is 9.63. The van der Waals surface area contributed by atoms with Crippen molar-refractivity contribution in [2.75, 3.05) is 0 Å². The molecule has 0 unspecified atom stereocenters. The molecule has 120 valence electrons. The predicted molar refractivity (Wildman–Crippen MR) is 88.4 cm³/mol. The molecule has 0 saturated carbocycles. The second kappa shape index (κ2) is 6.13. The highest BCUT2D eigenvalue weighted by Crippen LogP contribution is 2.27. The minimum atomic E-state index is -0.616. The molecule has 0 amide bonds. The summed E-state index contributed by atoms with van der Waals surface area (Å²) < 4.78 is 12.2. The molecule has 0 atom stereocenters. The van der Waals surface area contributed by atoms with Crippen molar-refractivity contribution in [3.05, 3.63) is 56.8 Å². The van der Waals surface area contributed by atoms with Gasteiger partial charge in [-0.3, -0.25) is 9.51 Å². The number of aromatic nitrogens is 5. The van der Waals surface area contributed by atoms with Crippen LogP contribution in [0.1, 0.15) is 5.89 Å². The van der Waals surface area contributed by atoms with E-state index in [2.05, 4.69) is 36.2 Å². The first-order valence-electron chi connectivity index (χ1n) is 6.75. The Bertz CT molecular complexity index is 1040. The van der Waals surface area contributed by atoms with Gasteiger partial charge in [0, 0.05) is 16.0 Å². The lowest BCUT2D eigenvalue weighted by Gasteiger charge is -1.99. The van der Waals surface area contributed by atoms with E-state index < -0.39 is 5.76 Å². The Balaban J connectivity index is 1.66. The molecule has 4 rings (SSSR count). The fourth-order valence-corrected chi connectivity index (χ4v) is 3.42. The van der Waals surface area contributed by atoms with Crippen LogP contribution in [0.4, 0.5) is 0 Å². The van der Waals surface area contributed by atoms with Crippen molar-refractivity contribution in [1.29, 1.82) is 0 Å². The Morgan fingerprint density at radius 1 is 1.25 bits per heavy atom. The highest BCUT2D eigenvalue weighted by molar-refractivity contribution is 9.10. The lowest BCUT2D eigenvalue weighted by molar-refractivity contribution is 0.354. The van der Waals surface area contributed by atoms with Crippen molar-refractivity contribution < 1.29 is 9.05 Å². The average Bonchev–Trinajstić information content (AvgIpc) is 3.31. The fraction of sp³-hybridized carbons (Fsp3) is 0.0714. The van der Waals surface area contributed by atoms with Gasteiger partial charge in [-0.1, -0.05) is 16.4 Å². The summed E-state index contributed by atoms with van der Waals surface area (Å²) in [6.07, 6.45) is 1.61. The maximum absolute atomic E-state index is 11.9. The van der Waals surface area contributed by atoms with Gasteiger partial charge in [0.15, 0.2) is 0 Å². The van der Waals surface area contributed by atoms with E-state index in [0.29, 0.717) is 17.3 Å². The van der Waals surface area contributed by atoms with Crippen molar-refractivity contribution in [1.82, 2.24) is 24.8 Å². The van der Waals surface area contributed by atoms with Gasteiger partial charge in [-0.15, -0.1) is 11.3 Å². The van der Waals surface area contributed by atoms with Crippen LogP contribution in [0.5, 0.6) is 0 Å². The lowest BCUT2D eigenvalue weighted by Crippen LogP contribution is -2.16. The van der Waals surface area contributed by atoms with E-state index in [4.69, 9.17) is 9.05 Å². The molecule has 10 heteroatoms. The average molecular weight is 406 g/mol. The minimum absolute atomic E-state index is 0.0494. The van der Waals surface area contributed by atoms with Crippen molar-refractivity contribution in [3.63, 3.8) is 0 Å². The number of halogens is 1. The number of thiophene rings is 1. The molecule has 0 aromatic carbocycles. The molecular formula is C14H8BrN5O3S. The van der Waals surface area contributed by atoms with Crippen molar-refractivity contribution >= 4 is 27.3 Å². The molecule has 4 aromatic heterocycles. The Morgan fingerprint density at radius 2 is 2.17 bits per heavy atom. The highest BCUT2D eigenvalue weighted by atomic mass is 79.9. The van der Waals surface area contributed by atoms with E-state index in [-0.39, 0.29) is 12.4 Å². The topological polar surface area (TPSA) is 99.8 Å². The van der Waals surface area contributed by atoms with E-state index in [1.165, 1.54) is 15.9 Å². The SMILES string of the molecule is O=c1onc(-c2ccccn2)n1Cc1nc(-c2cc(Br)cs2)no1. The lowest BCUT2D eigenvalue weighted by atomic mass is 10.3. The number of nitrogens with zero attached hydrogens (tertiary/aromatic N) is 5. The maximum Gasteiger partial charge on any atom is 0.442 e. The third-order valence-corrected chi connectivity index (χ3v) is 4.82. The summed E-state index contributed by atoms with van der Waals surface area (Å²) in [5.74, 6) is 0.426. The van der Waals surface area contributed by atoms with Crippen molar-refractivity contribution in [2.45, 2.75) is 6.54 Å². The van der Waals surface area contributed by atoms with Crippen LogP contribution in [0, 0.1) is 0 Å². The van der Waals surface area contributed by atoms with Crippen molar-refractivity contribution in [3.8, 4) is 22.2 Å². The van der Waals surface area contributed by atoms with E-state index in [0.717, 1.165) is 9.35 Å². The molecule has 24 heavy (non-hydrogen) atoms. The molecule has 0 N–H and O–H groups in total. The van der Waals surface area contributed by atoms with Crippen molar-refractivity contribution in [2.24, 2.45) is 0 Å². The number of pyridine rings is 1. The number of rotatable bonds is 4. The Morgan fingerprint density at radius 3 is 2.92 bits per heavy atom. The second-order valence-electron chi connectivity index (χ2n) is 4.71. The van der Waals surface area contributed by atoms with Gasteiger partial charge in [0.05, 0.1) is 4.88 Å². The third-order valence-electron chi connectivity index (χ3n) is 3.13. The van der Waals surface area contributed by atoms with Crippen LogP contribution >= 0.6 is 27.3 Å². The van der Waals surface area contributed by atoms with Crippen LogP contribution in [-0.2, 0) is 6.54 Å². The van der Waals surface area contributed by atoms with E-state index in [1.54, 1.807) is 24.4 Å². The van der Waals surface area contributed by atoms with Crippen LogP contribution in [0.3, 0.4) is 0 Å². The molecule has 0 bridgehead atoms. The van der Waals surface area contributed by atoms with Gasteiger partial charge in [0.25, 0.3) is 0 Å². The van der Waals surface area contributed by atoms with Gasteiger partial charge in [-0.05, 0) is 34.1 Å². The Kier molecular flexibility index (Phi) is 3.82. The van der Waals surface area contributed by atoms with Gasteiger partial charge in [-0.2, -0.15) is 4.98 Å². The van der Waals surface area contributed by atoms with Crippen LogP contribution in [0.15, 0.2) is 54.2 Å². The molecule has 0 fully saturated rings. The third kappa shape index (κ3) is 2.81. The summed E-state index contributed by atoms with van der Waals surface area (Å²) >= 11 is 4.87. The zero-order valence-corrected chi connectivity index (χ0v) is 14.3. The molecular weight excluding hydrogens is 398 g/mol. The number of hydrogen-bond acceptors (Lipinski definition) is 8. The standard InChI is InChI=1S/C14H8BrN5O3S/c15-8-5-10(24-7-8)12-17-11(22-18-12)6-20-13(19-23-14(20)21)9-3-1-2-4-16-9/h1-5,7H,6H2. The molecule has 0 aliphatic heterocycles. The Hall–Kier alpha value is -2.59. The highest BCUT2D eigenvalue weighted by Gasteiger charge is 2.18. The van der Waals surface area contributed by atoms with Crippen LogP contribution in [-0.4, -0.2) is 24.8 Å². The monoisotopic (exact) mass is 405 g/mol. The van der Waals surface area contributed by atoms with Gasteiger partial charge in [0.2, 0.25) is 17.5 Å². The van der Waals surface area contributed by atoms with Gasteiger partial charge in [0.1, 0.15) is 12.2 Å².